The summed E-state index contributed by atoms with van der Waals surface area (Å²) in [5.41, 5.74) is 1.41. The summed E-state index contributed by atoms with van der Waals surface area (Å²) in [6.07, 6.45) is 16.7. The maximum Gasteiger partial charge on any atom is 0.0948 e. The summed E-state index contributed by atoms with van der Waals surface area (Å²) in [7, 11) is 0. The molecule has 1 N–H and O–H groups in total. The number of imidazole rings is 1. The fourth-order valence-electron chi connectivity index (χ4n) is 3.71. The number of aromatic nitrogens is 2. The van der Waals surface area contributed by atoms with Crippen molar-refractivity contribution < 1.29 is 0 Å². The zero-order valence-corrected chi connectivity index (χ0v) is 12.0. The Labute approximate surface area is 116 Å². The topological polar surface area (TPSA) is 29.9 Å². The predicted octanol–water partition coefficient (Wildman–Crippen LogP) is 3.67. The molecule has 106 valence electrons. The Morgan fingerprint density at radius 2 is 1.95 bits per heavy atom. The molecule has 1 aromatic heterocycles. The largest absolute Gasteiger partial charge is 0.333 e. The summed E-state index contributed by atoms with van der Waals surface area (Å²) in [5, 5.41) is 3.64. The minimum absolute atomic E-state index is 0.544. The molecule has 1 saturated heterocycles. The average molecular weight is 261 g/mol. The molecule has 19 heavy (non-hydrogen) atoms. The molecule has 3 rings (SSSR count). The van der Waals surface area contributed by atoms with E-state index >= 15 is 0 Å². The van der Waals surface area contributed by atoms with Crippen LogP contribution in [-0.2, 0) is 6.54 Å². The van der Waals surface area contributed by atoms with E-state index in [9.17, 15) is 0 Å². The van der Waals surface area contributed by atoms with Crippen LogP contribution in [-0.4, -0.2) is 16.1 Å². The lowest BCUT2D eigenvalue weighted by atomic mass is 9.87. The van der Waals surface area contributed by atoms with Crippen LogP contribution in [0.15, 0.2) is 12.5 Å². The highest BCUT2D eigenvalue weighted by atomic mass is 15.1. The van der Waals surface area contributed by atoms with Gasteiger partial charge in [-0.1, -0.05) is 38.5 Å². The lowest BCUT2D eigenvalue weighted by Crippen LogP contribution is -2.28. The van der Waals surface area contributed by atoms with Gasteiger partial charge >= 0.3 is 0 Å². The summed E-state index contributed by atoms with van der Waals surface area (Å²) in [6.45, 7) is 2.33. The van der Waals surface area contributed by atoms with Crippen LogP contribution in [0.5, 0.6) is 0 Å². The maximum atomic E-state index is 4.38. The van der Waals surface area contributed by atoms with Crippen LogP contribution in [0.1, 0.15) is 69.5 Å². The Hall–Kier alpha value is -0.830. The van der Waals surface area contributed by atoms with Crippen LogP contribution in [0.3, 0.4) is 0 Å². The second-order valence-corrected chi connectivity index (χ2v) is 6.31. The normalized spacial score (nSPS) is 25.6. The number of rotatable bonds is 4. The zero-order valence-electron chi connectivity index (χ0n) is 12.0. The molecule has 2 fully saturated rings. The van der Waals surface area contributed by atoms with E-state index in [0.717, 1.165) is 12.5 Å². The molecule has 3 nitrogen and oxygen atoms in total. The second kappa shape index (κ2) is 6.56. The third kappa shape index (κ3) is 3.38. The van der Waals surface area contributed by atoms with E-state index in [4.69, 9.17) is 0 Å². The van der Waals surface area contributed by atoms with Crippen molar-refractivity contribution in [2.45, 2.75) is 70.4 Å². The highest BCUT2D eigenvalue weighted by Gasteiger charge is 2.19. The molecule has 1 aromatic rings. The molecule has 0 bridgehead atoms. The Bertz CT molecular complexity index is 373. The third-order valence-electron chi connectivity index (χ3n) is 4.91. The summed E-state index contributed by atoms with van der Waals surface area (Å²) in [4.78, 5) is 4.38. The summed E-state index contributed by atoms with van der Waals surface area (Å²) < 4.78 is 2.40. The molecule has 0 aromatic carbocycles. The van der Waals surface area contributed by atoms with Crippen molar-refractivity contribution in [3.8, 4) is 0 Å². The van der Waals surface area contributed by atoms with E-state index in [1.807, 2.05) is 6.33 Å². The van der Waals surface area contributed by atoms with E-state index in [1.165, 1.54) is 70.0 Å². The predicted molar refractivity (Wildman–Crippen MR) is 78.0 cm³/mol. The van der Waals surface area contributed by atoms with Gasteiger partial charge in [0.2, 0.25) is 0 Å². The molecule has 0 amide bonds. The van der Waals surface area contributed by atoms with Crippen LogP contribution < -0.4 is 5.32 Å². The van der Waals surface area contributed by atoms with E-state index < -0.39 is 0 Å². The lowest BCUT2D eigenvalue weighted by Gasteiger charge is -2.26. The Balaban J connectivity index is 1.56. The van der Waals surface area contributed by atoms with Gasteiger partial charge in [-0.25, -0.2) is 4.98 Å². The number of nitrogens with one attached hydrogen (secondary N) is 1. The van der Waals surface area contributed by atoms with Crippen molar-refractivity contribution in [3.05, 3.63) is 18.2 Å². The van der Waals surface area contributed by atoms with Crippen LogP contribution in [0.4, 0.5) is 0 Å². The van der Waals surface area contributed by atoms with Gasteiger partial charge in [-0.05, 0) is 31.7 Å². The van der Waals surface area contributed by atoms with Crippen LogP contribution in [0, 0.1) is 5.92 Å². The Morgan fingerprint density at radius 1 is 1.11 bits per heavy atom. The van der Waals surface area contributed by atoms with E-state index in [1.54, 1.807) is 0 Å². The van der Waals surface area contributed by atoms with Gasteiger partial charge in [0.1, 0.15) is 0 Å². The molecule has 2 heterocycles. The molecule has 1 atom stereocenters. The average Bonchev–Trinajstić information content (AvgIpc) is 2.95. The smallest absolute Gasteiger partial charge is 0.0948 e. The quantitative estimate of drug-likeness (QED) is 0.896. The number of aryl methyl sites for hydroxylation is 1. The molecule has 2 aliphatic rings. The van der Waals surface area contributed by atoms with Gasteiger partial charge in [0.05, 0.1) is 12.0 Å². The lowest BCUT2D eigenvalue weighted by molar-refractivity contribution is 0.318. The van der Waals surface area contributed by atoms with E-state index in [2.05, 4.69) is 21.1 Å². The van der Waals surface area contributed by atoms with Crippen LogP contribution in [0.2, 0.25) is 0 Å². The maximum absolute atomic E-state index is 4.38. The molecule has 0 radical (unpaired) electrons. The van der Waals surface area contributed by atoms with E-state index in [-0.39, 0.29) is 0 Å². The van der Waals surface area contributed by atoms with Gasteiger partial charge in [0.15, 0.2) is 0 Å². The number of hydrogen-bond acceptors (Lipinski definition) is 2. The third-order valence-corrected chi connectivity index (χ3v) is 4.91. The first-order valence-corrected chi connectivity index (χ1v) is 8.17. The van der Waals surface area contributed by atoms with Crippen molar-refractivity contribution in [3.63, 3.8) is 0 Å². The molecule has 1 aliphatic heterocycles. The minimum Gasteiger partial charge on any atom is -0.333 e. The molecule has 3 heteroatoms. The molecule has 1 unspecified atom stereocenters. The van der Waals surface area contributed by atoms with Gasteiger partial charge in [-0.3, -0.25) is 0 Å². The van der Waals surface area contributed by atoms with Crippen LogP contribution >= 0.6 is 0 Å². The number of nitrogens with zero attached hydrogens (tertiary/aromatic N) is 2. The van der Waals surface area contributed by atoms with Crippen molar-refractivity contribution in [2.24, 2.45) is 5.92 Å². The summed E-state index contributed by atoms with van der Waals surface area (Å²) in [5.74, 6) is 0.961. The molecular formula is C16H27N3. The van der Waals surface area contributed by atoms with Crippen molar-refractivity contribution >= 4 is 0 Å². The molecule has 0 spiro atoms. The Kier molecular flexibility index (Phi) is 4.54. The van der Waals surface area contributed by atoms with E-state index in [0.29, 0.717) is 6.04 Å². The van der Waals surface area contributed by atoms with Gasteiger partial charge < -0.3 is 9.88 Å². The fraction of sp³-hybridized carbons (Fsp3) is 0.812. The molecular weight excluding hydrogens is 234 g/mol. The monoisotopic (exact) mass is 261 g/mol. The SMILES string of the molecule is c1ncn(CCC2CCCCC2)c1C1CCCCN1. The number of hydrogen-bond donors (Lipinski definition) is 1. The highest BCUT2D eigenvalue weighted by Crippen LogP contribution is 2.28. The van der Waals surface area contributed by atoms with Gasteiger partial charge in [-0.15, -0.1) is 0 Å². The number of piperidine rings is 1. The fourth-order valence-corrected chi connectivity index (χ4v) is 3.71. The standard InChI is InChI=1S/C16H27N3/c1-2-6-14(7-3-1)9-11-19-13-17-12-16(19)15-8-4-5-10-18-15/h12-15,18H,1-11H2. The van der Waals surface area contributed by atoms with Gasteiger partial charge in [0, 0.05) is 18.8 Å². The van der Waals surface area contributed by atoms with Crippen molar-refractivity contribution in [2.75, 3.05) is 6.54 Å². The first-order valence-electron chi connectivity index (χ1n) is 8.17. The van der Waals surface area contributed by atoms with Gasteiger partial charge in [-0.2, -0.15) is 0 Å². The molecule has 1 aliphatic carbocycles. The minimum atomic E-state index is 0.544. The van der Waals surface area contributed by atoms with Crippen LogP contribution in [0.25, 0.3) is 0 Å². The highest BCUT2D eigenvalue weighted by molar-refractivity contribution is 5.06. The summed E-state index contributed by atoms with van der Waals surface area (Å²) >= 11 is 0. The van der Waals surface area contributed by atoms with Gasteiger partial charge in [0.25, 0.3) is 0 Å². The first-order chi connectivity index (χ1) is 9.43. The molecule has 1 saturated carbocycles. The second-order valence-electron chi connectivity index (χ2n) is 6.31. The van der Waals surface area contributed by atoms with Crippen molar-refractivity contribution in [1.82, 2.24) is 14.9 Å². The van der Waals surface area contributed by atoms with Crippen molar-refractivity contribution in [1.29, 1.82) is 0 Å². The zero-order chi connectivity index (χ0) is 12.9. The Morgan fingerprint density at radius 3 is 2.74 bits per heavy atom. The first kappa shape index (κ1) is 13.2. The summed E-state index contributed by atoms with van der Waals surface area (Å²) in [6, 6.07) is 0.544.